The number of hydrogen-bond donors (Lipinski definition) is 1. The third-order valence-electron chi connectivity index (χ3n) is 4.42. The molecule has 4 heteroatoms. The number of aromatic hydroxyl groups is 1. The summed E-state index contributed by atoms with van der Waals surface area (Å²) in [6.45, 7) is 2.48. The summed E-state index contributed by atoms with van der Waals surface area (Å²) in [5.74, 6) is -0.0304. The molecule has 0 amide bonds. The van der Waals surface area contributed by atoms with E-state index in [4.69, 9.17) is 0 Å². The fourth-order valence-electron chi connectivity index (χ4n) is 3.20. The van der Waals surface area contributed by atoms with Gasteiger partial charge in [0, 0.05) is 34.9 Å². The summed E-state index contributed by atoms with van der Waals surface area (Å²) in [6.07, 6.45) is 5.51. The molecule has 2 heterocycles. The van der Waals surface area contributed by atoms with E-state index in [1.54, 1.807) is 22.9 Å². The van der Waals surface area contributed by atoms with Crippen molar-refractivity contribution >= 4 is 10.8 Å². The van der Waals surface area contributed by atoms with Gasteiger partial charge < -0.3 is 9.67 Å². The largest absolute Gasteiger partial charge is 0.494 e. The molecule has 0 aliphatic rings. The molecule has 4 aromatic rings. The summed E-state index contributed by atoms with van der Waals surface area (Å²) in [7, 11) is 0. The van der Waals surface area contributed by atoms with Crippen molar-refractivity contribution in [2.45, 2.75) is 13.5 Å². The van der Waals surface area contributed by atoms with Crippen molar-refractivity contribution in [3.05, 3.63) is 84.1 Å². The number of aromatic nitrogens is 2. The van der Waals surface area contributed by atoms with Crippen LogP contribution in [0.1, 0.15) is 11.1 Å². The van der Waals surface area contributed by atoms with Crippen molar-refractivity contribution in [3.8, 4) is 17.0 Å². The van der Waals surface area contributed by atoms with Gasteiger partial charge in [-0.1, -0.05) is 24.3 Å². The van der Waals surface area contributed by atoms with Crippen LogP contribution in [0.2, 0.25) is 0 Å². The van der Waals surface area contributed by atoms with Crippen molar-refractivity contribution in [1.82, 2.24) is 9.55 Å². The molecule has 0 spiro atoms. The third-order valence-corrected chi connectivity index (χ3v) is 4.42. The number of pyridine rings is 1. The lowest BCUT2D eigenvalue weighted by Crippen LogP contribution is -1.97. The zero-order valence-corrected chi connectivity index (χ0v) is 13.8. The minimum atomic E-state index is -0.261. The number of benzene rings is 2. The van der Waals surface area contributed by atoms with E-state index in [9.17, 15) is 9.50 Å². The molecule has 4 rings (SSSR count). The molecule has 0 bridgehead atoms. The summed E-state index contributed by atoms with van der Waals surface area (Å²) < 4.78 is 14.9. The SMILES string of the molecule is Cc1cc(-c2cccnc2)cc2cn(Cc3ccc(F)cc3)c(O)c12. The monoisotopic (exact) mass is 332 g/mol. The molecule has 1 N–H and O–H groups in total. The topological polar surface area (TPSA) is 38.0 Å². The highest BCUT2D eigenvalue weighted by Crippen LogP contribution is 2.34. The van der Waals surface area contributed by atoms with Crippen LogP contribution < -0.4 is 0 Å². The normalized spacial score (nSPS) is 11.1. The minimum Gasteiger partial charge on any atom is -0.494 e. The molecule has 2 aromatic heterocycles. The van der Waals surface area contributed by atoms with E-state index in [0.717, 1.165) is 33.0 Å². The maximum absolute atomic E-state index is 13.1. The Bertz CT molecular complexity index is 1040. The standard InChI is InChI=1S/C21H17FN2O/c1-14-9-17(16-3-2-8-23-11-16)10-18-13-24(21(25)20(14)18)12-15-4-6-19(22)7-5-15/h2-11,13,25H,12H2,1H3. The highest BCUT2D eigenvalue weighted by Gasteiger charge is 2.13. The molecule has 0 unspecified atom stereocenters. The van der Waals surface area contributed by atoms with Crippen LogP contribution in [0, 0.1) is 12.7 Å². The Kier molecular flexibility index (Phi) is 3.73. The molecule has 0 saturated heterocycles. The Morgan fingerprint density at radius 3 is 2.60 bits per heavy atom. The molecule has 0 fully saturated rings. The lowest BCUT2D eigenvalue weighted by atomic mass is 10.0. The lowest BCUT2D eigenvalue weighted by molar-refractivity contribution is 0.430. The maximum atomic E-state index is 13.1. The van der Waals surface area contributed by atoms with Crippen molar-refractivity contribution in [2.75, 3.05) is 0 Å². The van der Waals surface area contributed by atoms with Crippen LogP contribution in [-0.2, 0) is 6.54 Å². The minimum absolute atomic E-state index is 0.231. The molecule has 0 radical (unpaired) electrons. The van der Waals surface area contributed by atoms with Crippen molar-refractivity contribution in [2.24, 2.45) is 0 Å². The molecular weight excluding hydrogens is 315 g/mol. The predicted octanol–water partition coefficient (Wildman–Crippen LogP) is 4.90. The Morgan fingerprint density at radius 2 is 1.88 bits per heavy atom. The number of nitrogens with zero attached hydrogens (tertiary/aromatic N) is 2. The van der Waals surface area contributed by atoms with Gasteiger partial charge in [0.25, 0.3) is 0 Å². The van der Waals surface area contributed by atoms with E-state index < -0.39 is 0 Å². The van der Waals surface area contributed by atoms with Crippen LogP contribution in [0.15, 0.2) is 67.1 Å². The number of halogens is 1. The number of fused-ring (bicyclic) bond motifs is 1. The van der Waals surface area contributed by atoms with E-state index in [1.807, 2.05) is 31.5 Å². The van der Waals surface area contributed by atoms with Crippen molar-refractivity contribution in [1.29, 1.82) is 0 Å². The van der Waals surface area contributed by atoms with E-state index in [2.05, 4.69) is 17.1 Å². The molecule has 0 atom stereocenters. The van der Waals surface area contributed by atoms with E-state index >= 15 is 0 Å². The van der Waals surface area contributed by atoms with Gasteiger partial charge in [-0.05, 0) is 47.9 Å². The summed E-state index contributed by atoms with van der Waals surface area (Å²) in [4.78, 5) is 4.17. The molecule has 0 aliphatic carbocycles. The average molecular weight is 332 g/mol. The molecular formula is C21H17FN2O. The van der Waals surface area contributed by atoms with Crippen LogP contribution >= 0.6 is 0 Å². The summed E-state index contributed by atoms with van der Waals surface area (Å²) in [6, 6.07) is 14.4. The van der Waals surface area contributed by atoms with Gasteiger partial charge in [0.15, 0.2) is 5.88 Å². The fourth-order valence-corrected chi connectivity index (χ4v) is 3.20. The molecule has 25 heavy (non-hydrogen) atoms. The van der Waals surface area contributed by atoms with Gasteiger partial charge in [-0.15, -0.1) is 0 Å². The van der Waals surface area contributed by atoms with E-state index in [1.165, 1.54) is 12.1 Å². The number of rotatable bonds is 3. The van der Waals surface area contributed by atoms with Gasteiger partial charge in [0.1, 0.15) is 5.82 Å². The number of aryl methyl sites for hydroxylation is 1. The van der Waals surface area contributed by atoms with Crippen LogP contribution in [0.3, 0.4) is 0 Å². The van der Waals surface area contributed by atoms with Crippen molar-refractivity contribution in [3.63, 3.8) is 0 Å². The quantitative estimate of drug-likeness (QED) is 0.579. The second-order valence-corrected chi connectivity index (χ2v) is 6.21. The van der Waals surface area contributed by atoms with Gasteiger partial charge in [0.05, 0.1) is 6.54 Å². The van der Waals surface area contributed by atoms with Crippen LogP contribution in [0.4, 0.5) is 4.39 Å². The second-order valence-electron chi connectivity index (χ2n) is 6.21. The van der Waals surface area contributed by atoms with Gasteiger partial charge >= 0.3 is 0 Å². The van der Waals surface area contributed by atoms with Gasteiger partial charge in [-0.3, -0.25) is 4.98 Å². The zero-order valence-electron chi connectivity index (χ0n) is 13.8. The maximum Gasteiger partial charge on any atom is 0.199 e. The van der Waals surface area contributed by atoms with Gasteiger partial charge in [-0.25, -0.2) is 4.39 Å². The first-order valence-corrected chi connectivity index (χ1v) is 8.09. The van der Waals surface area contributed by atoms with Crippen molar-refractivity contribution < 1.29 is 9.50 Å². The second kappa shape index (κ2) is 6.06. The summed E-state index contributed by atoms with van der Waals surface area (Å²) in [5, 5.41) is 12.4. The van der Waals surface area contributed by atoms with E-state index in [0.29, 0.717) is 6.54 Å². The lowest BCUT2D eigenvalue weighted by Gasteiger charge is -2.06. The molecule has 0 aliphatic heterocycles. The van der Waals surface area contributed by atoms with Crippen LogP contribution in [0.25, 0.3) is 21.9 Å². The first-order valence-electron chi connectivity index (χ1n) is 8.09. The Morgan fingerprint density at radius 1 is 1.08 bits per heavy atom. The number of hydrogen-bond acceptors (Lipinski definition) is 2. The first kappa shape index (κ1) is 15.4. The predicted molar refractivity (Wildman–Crippen MR) is 97.1 cm³/mol. The molecule has 124 valence electrons. The van der Waals surface area contributed by atoms with Crippen LogP contribution in [0.5, 0.6) is 5.88 Å². The Labute approximate surface area is 145 Å². The molecule has 2 aromatic carbocycles. The summed E-state index contributed by atoms with van der Waals surface area (Å²) in [5.41, 5.74) is 4.05. The zero-order chi connectivity index (χ0) is 17.4. The Balaban J connectivity index is 1.78. The van der Waals surface area contributed by atoms with E-state index in [-0.39, 0.29) is 11.7 Å². The fraction of sp³-hybridized carbons (Fsp3) is 0.0952. The molecule has 3 nitrogen and oxygen atoms in total. The highest BCUT2D eigenvalue weighted by atomic mass is 19.1. The highest BCUT2D eigenvalue weighted by molar-refractivity contribution is 5.94. The Hall–Kier alpha value is -3.14. The van der Waals surface area contributed by atoms with Gasteiger partial charge in [0.2, 0.25) is 0 Å². The smallest absolute Gasteiger partial charge is 0.199 e. The first-order chi connectivity index (χ1) is 12.1. The van der Waals surface area contributed by atoms with Gasteiger partial charge in [-0.2, -0.15) is 0 Å². The molecule has 0 saturated carbocycles. The average Bonchev–Trinajstić information content (AvgIpc) is 2.94. The summed E-state index contributed by atoms with van der Waals surface area (Å²) >= 11 is 0. The third kappa shape index (κ3) is 2.87. The van der Waals surface area contributed by atoms with Crippen LogP contribution in [-0.4, -0.2) is 14.7 Å².